The lowest BCUT2D eigenvalue weighted by molar-refractivity contribution is -0.0516. The number of ether oxygens (including phenoxy) is 1. The Morgan fingerprint density at radius 2 is 1.73 bits per heavy atom. The van der Waals surface area contributed by atoms with Gasteiger partial charge in [0.15, 0.2) is 0 Å². The molecule has 40 heavy (non-hydrogen) atoms. The van der Waals surface area contributed by atoms with Crippen molar-refractivity contribution in [1.82, 2.24) is 25.2 Å². The maximum Gasteiger partial charge on any atom is 0.338 e. The summed E-state index contributed by atoms with van der Waals surface area (Å²) in [5.74, 6) is 3.18. The highest BCUT2D eigenvalue weighted by atomic mass is 32.2. The van der Waals surface area contributed by atoms with Crippen LogP contribution in [0.5, 0.6) is 0 Å². The molecule has 7 rings (SSSR count). The van der Waals surface area contributed by atoms with Gasteiger partial charge < -0.3 is 9.64 Å². The van der Waals surface area contributed by atoms with Gasteiger partial charge >= 0.3 is 10.3 Å². The predicted molar refractivity (Wildman–Crippen MR) is 156 cm³/mol. The number of hydrogen-bond acceptors (Lipinski definition) is 8. The van der Waals surface area contributed by atoms with Gasteiger partial charge in [-0.2, -0.15) is 18.3 Å². The Kier molecular flexibility index (Phi) is 9.18. The predicted octanol–water partition coefficient (Wildman–Crippen LogP) is 3.39. The summed E-state index contributed by atoms with van der Waals surface area (Å²) < 4.78 is 40.8. The van der Waals surface area contributed by atoms with Crippen molar-refractivity contribution < 1.29 is 17.3 Å². The molecular weight excluding hydrogens is 526 g/mol. The van der Waals surface area contributed by atoms with Gasteiger partial charge in [0.2, 0.25) is 0 Å². The number of fused-ring (bicyclic) bond motifs is 7. The summed E-state index contributed by atoms with van der Waals surface area (Å²) in [5.41, 5.74) is 7.21. The maximum atomic E-state index is 13.4. The van der Waals surface area contributed by atoms with Gasteiger partial charge in [0, 0.05) is 43.7 Å². The minimum Gasteiger partial charge on any atom is -0.377 e. The molecule has 12 unspecified atom stereocenters. The molecule has 10 heteroatoms. The molecule has 2 N–H and O–H groups in total. The van der Waals surface area contributed by atoms with Gasteiger partial charge in [-0.05, 0) is 101 Å². The van der Waals surface area contributed by atoms with Gasteiger partial charge in [-0.3, -0.25) is 4.18 Å². The lowest BCUT2D eigenvalue weighted by Crippen LogP contribution is -2.56. The van der Waals surface area contributed by atoms with Crippen molar-refractivity contribution >= 4 is 10.3 Å². The summed E-state index contributed by atoms with van der Waals surface area (Å²) in [4.78, 5) is 2.39. The van der Waals surface area contributed by atoms with Crippen LogP contribution >= 0.6 is 0 Å². The molecule has 9 bridgehead atoms. The van der Waals surface area contributed by atoms with Crippen LogP contribution in [-0.4, -0.2) is 92.8 Å². The van der Waals surface area contributed by atoms with Crippen LogP contribution in [0.25, 0.3) is 0 Å². The van der Waals surface area contributed by atoms with E-state index in [1.165, 1.54) is 32.1 Å². The molecule has 230 valence electrons. The number of hydrazine groups is 2. The highest BCUT2D eigenvalue weighted by molar-refractivity contribution is 7.84. The quantitative estimate of drug-likeness (QED) is 0.450. The molecule has 0 amide bonds. The van der Waals surface area contributed by atoms with Crippen LogP contribution in [0.2, 0.25) is 0 Å². The minimum atomic E-state index is -3.71. The zero-order valence-corrected chi connectivity index (χ0v) is 26.2. The second-order valence-corrected chi connectivity index (χ2v) is 15.9. The Balaban J connectivity index is 1.20. The highest BCUT2D eigenvalue weighted by Crippen LogP contribution is 2.45. The third-order valence-electron chi connectivity index (χ3n) is 12.0. The fraction of sp³-hybridized carbons (Fsp3) is 1.00. The van der Waals surface area contributed by atoms with Crippen molar-refractivity contribution in [2.75, 3.05) is 39.8 Å². The van der Waals surface area contributed by atoms with E-state index in [1.54, 1.807) is 4.31 Å². The van der Waals surface area contributed by atoms with E-state index in [4.69, 9.17) is 8.92 Å². The first-order valence-electron chi connectivity index (χ1n) is 16.5. The summed E-state index contributed by atoms with van der Waals surface area (Å²) in [6.07, 6.45) is 11.1. The van der Waals surface area contributed by atoms with Gasteiger partial charge in [-0.25, -0.2) is 10.4 Å². The van der Waals surface area contributed by atoms with E-state index in [0.717, 1.165) is 64.3 Å². The molecule has 0 aromatic carbocycles. The fourth-order valence-corrected chi connectivity index (χ4v) is 11.0. The molecule has 9 nitrogen and oxygen atoms in total. The normalized spacial score (nSPS) is 50.6. The molecule has 4 aliphatic heterocycles. The van der Waals surface area contributed by atoms with Crippen LogP contribution in [0.3, 0.4) is 0 Å². The second-order valence-electron chi connectivity index (χ2n) is 14.4. The van der Waals surface area contributed by atoms with Crippen molar-refractivity contribution in [3.05, 3.63) is 0 Å². The zero-order chi connectivity index (χ0) is 28.0. The molecule has 0 aromatic heterocycles. The SMILES string of the molecule is CC1CCC2CC3CCC4C(NNN4CCCN(C)CCOC4CCC5OS(=O)(=O)N(CC5C4)[C@H](C)C1C2)C3C. The van der Waals surface area contributed by atoms with E-state index in [1.807, 2.05) is 0 Å². The first-order valence-corrected chi connectivity index (χ1v) is 17.8. The van der Waals surface area contributed by atoms with Gasteiger partial charge in [-0.1, -0.05) is 26.7 Å². The molecule has 4 heterocycles. The molecule has 4 saturated heterocycles. The number of nitrogens with one attached hydrogen (secondary N) is 2. The van der Waals surface area contributed by atoms with Crippen molar-refractivity contribution in [2.45, 2.75) is 115 Å². The molecule has 0 aromatic rings. The number of rotatable bonds is 0. The lowest BCUT2D eigenvalue weighted by Gasteiger charge is -2.48. The van der Waals surface area contributed by atoms with Crippen LogP contribution in [0.1, 0.15) is 85.0 Å². The molecular formula is C30H55N5O4S. The first kappa shape index (κ1) is 29.7. The van der Waals surface area contributed by atoms with Crippen LogP contribution in [0, 0.1) is 35.5 Å². The monoisotopic (exact) mass is 581 g/mol. The van der Waals surface area contributed by atoms with Crippen molar-refractivity contribution in [3.8, 4) is 0 Å². The standard InChI is InChI=1S/C30H55N5O4S/c1-20-6-7-23-16-24-8-10-28-30(21(24)2)31-32-34(28)13-5-12-33(4)14-15-38-26-9-11-29-25(18-26)19-35(40(36,37)39-29)22(3)27(20)17-23/h20-32H,5-19H2,1-4H3/t20?,21?,22-,23?,24?,25?,26?,27?,28?,29?,30?/m1/s1. The van der Waals surface area contributed by atoms with Crippen LogP contribution in [0.15, 0.2) is 0 Å². The Morgan fingerprint density at radius 3 is 2.58 bits per heavy atom. The third-order valence-corrected chi connectivity index (χ3v) is 13.5. The van der Waals surface area contributed by atoms with Crippen molar-refractivity contribution in [3.63, 3.8) is 0 Å². The minimum absolute atomic E-state index is 0.0287. The van der Waals surface area contributed by atoms with E-state index in [9.17, 15) is 8.42 Å². The Morgan fingerprint density at radius 1 is 0.875 bits per heavy atom. The van der Waals surface area contributed by atoms with Crippen LogP contribution in [0.4, 0.5) is 0 Å². The number of likely N-dealkylation sites (N-methyl/N-ethyl adjacent to an activating group) is 1. The molecule has 7 fully saturated rings. The van der Waals surface area contributed by atoms with Gasteiger partial charge in [0.25, 0.3) is 0 Å². The van der Waals surface area contributed by atoms with Crippen molar-refractivity contribution in [1.29, 1.82) is 0 Å². The summed E-state index contributed by atoms with van der Waals surface area (Å²) in [5, 5.41) is 2.47. The van der Waals surface area contributed by atoms with E-state index in [2.05, 4.69) is 48.7 Å². The maximum absolute atomic E-state index is 13.4. The van der Waals surface area contributed by atoms with Crippen LogP contribution < -0.4 is 11.0 Å². The first-order chi connectivity index (χ1) is 19.2. The molecule has 13 atom stereocenters. The largest absolute Gasteiger partial charge is 0.377 e. The van der Waals surface area contributed by atoms with E-state index < -0.39 is 10.3 Å². The molecule has 0 spiro atoms. The van der Waals surface area contributed by atoms with Gasteiger partial charge in [0.1, 0.15) is 0 Å². The molecule has 7 aliphatic rings. The lowest BCUT2D eigenvalue weighted by atomic mass is 9.65. The second kappa shape index (κ2) is 12.3. The van der Waals surface area contributed by atoms with E-state index in [0.29, 0.717) is 42.3 Å². The summed E-state index contributed by atoms with van der Waals surface area (Å²) in [6, 6.07) is 1.05. The topological polar surface area (TPSA) is 86.4 Å². The van der Waals surface area contributed by atoms with Gasteiger partial charge in [-0.15, -0.1) is 0 Å². The average molecular weight is 582 g/mol. The fourth-order valence-electron chi connectivity index (χ4n) is 9.38. The number of nitrogens with zero attached hydrogens (tertiary/aromatic N) is 3. The van der Waals surface area contributed by atoms with E-state index in [-0.39, 0.29) is 24.2 Å². The third kappa shape index (κ3) is 6.16. The molecule has 3 aliphatic carbocycles. The number of hydrogen-bond donors (Lipinski definition) is 2. The zero-order valence-electron chi connectivity index (χ0n) is 25.3. The Bertz CT molecular complexity index is 970. The van der Waals surface area contributed by atoms with Crippen molar-refractivity contribution in [2.24, 2.45) is 35.5 Å². The smallest absolute Gasteiger partial charge is 0.338 e. The Hall–Kier alpha value is -0.330. The van der Waals surface area contributed by atoms with E-state index >= 15 is 0 Å². The molecule has 3 saturated carbocycles. The summed E-state index contributed by atoms with van der Waals surface area (Å²) in [6.45, 7) is 11.3. The summed E-state index contributed by atoms with van der Waals surface area (Å²) in [7, 11) is -1.52. The Labute approximate surface area is 243 Å². The van der Waals surface area contributed by atoms with Crippen LogP contribution in [-0.2, 0) is 19.2 Å². The molecule has 0 radical (unpaired) electrons. The van der Waals surface area contributed by atoms with Gasteiger partial charge in [0.05, 0.1) is 18.8 Å². The average Bonchev–Trinajstić information content (AvgIpc) is 3.33. The summed E-state index contributed by atoms with van der Waals surface area (Å²) >= 11 is 0. The highest BCUT2D eigenvalue weighted by Gasteiger charge is 2.48.